The Balaban J connectivity index is 2.20. The van der Waals surface area contributed by atoms with Crippen molar-refractivity contribution in [2.24, 2.45) is 0 Å². The van der Waals surface area contributed by atoms with Gasteiger partial charge in [0.1, 0.15) is 24.0 Å². The van der Waals surface area contributed by atoms with Crippen LogP contribution in [0.25, 0.3) is 0 Å². The molecule has 1 fully saturated rings. The van der Waals surface area contributed by atoms with Crippen molar-refractivity contribution in [1.29, 1.82) is 0 Å². The summed E-state index contributed by atoms with van der Waals surface area (Å²) in [4.78, 5) is 31.3. The zero-order valence-corrected chi connectivity index (χ0v) is 11.7. The highest BCUT2D eigenvalue weighted by Gasteiger charge is 2.27. The van der Waals surface area contributed by atoms with Crippen molar-refractivity contribution in [3.8, 4) is 0 Å². The fourth-order valence-corrected chi connectivity index (χ4v) is 2.24. The molecule has 1 saturated heterocycles. The monoisotopic (exact) mass is 277 g/mol. The van der Waals surface area contributed by atoms with E-state index in [-0.39, 0.29) is 11.8 Å². The van der Waals surface area contributed by atoms with Crippen LogP contribution in [0.2, 0.25) is 0 Å². The van der Waals surface area contributed by atoms with Gasteiger partial charge >= 0.3 is 0 Å². The summed E-state index contributed by atoms with van der Waals surface area (Å²) in [5.41, 5.74) is 0.960. The first-order valence-corrected chi connectivity index (χ1v) is 6.77. The largest absolute Gasteiger partial charge is 0.373 e. The van der Waals surface area contributed by atoms with Crippen molar-refractivity contribution < 1.29 is 9.59 Å². The second kappa shape index (κ2) is 6.31. The van der Waals surface area contributed by atoms with Crippen LogP contribution >= 0.6 is 0 Å². The second-order valence-electron chi connectivity index (χ2n) is 4.70. The van der Waals surface area contributed by atoms with Crippen molar-refractivity contribution in [1.82, 2.24) is 15.3 Å². The second-order valence-corrected chi connectivity index (χ2v) is 4.70. The van der Waals surface area contributed by atoms with E-state index in [0.29, 0.717) is 18.7 Å². The Labute approximate surface area is 117 Å². The maximum Gasteiger partial charge on any atom is 0.249 e. The van der Waals surface area contributed by atoms with Crippen LogP contribution in [0.5, 0.6) is 0 Å². The highest BCUT2D eigenvalue weighted by Crippen LogP contribution is 2.23. The molecule has 7 heteroatoms. The summed E-state index contributed by atoms with van der Waals surface area (Å²) in [6, 6.07) is -0.428. The molecule has 2 heterocycles. The SMILES string of the molecule is CCCc1c(NC)ncnc1NC1CCC(=O)NC1=O. The molecule has 20 heavy (non-hydrogen) atoms. The molecule has 0 aromatic carbocycles. The first kappa shape index (κ1) is 14.2. The van der Waals surface area contributed by atoms with Crippen molar-refractivity contribution >= 4 is 23.5 Å². The van der Waals surface area contributed by atoms with Crippen LogP contribution in [-0.4, -0.2) is 34.9 Å². The molecule has 0 aliphatic carbocycles. The normalized spacial score (nSPS) is 18.6. The molecule has 0 saturated carbocycles. The Morgan fingerprint density at radius 2 is 2.10 bits per heavy atom. The first-order valence-electron chi connectivity index (χ1n) is 6.77. The van der Waals surface area contributed by atoms with Gasteiger partial charge in [-0.05, 0) is 12.8 Å². The Hall–Kier alpha value is -2.18. The number of amides is 2. The summed E-state index contributed by atoms with van der Waals surface area (Å²) >= 11 is 0. The summed E-state index contributed by atoms with van der Waals surface area (Å²) in [6.07, 6.45) is 4.05. The summed E-state index contributed by atoms with van der Waals surface area (Å²) in [5.74, 6) is 0.895. The van der Waals surface area contributed by atoms with Crippen LogP contribution in [0.1, 0.15) is 31.7 Å². The lowest BCUT2D eigenvalue weighted by atomic mass is 10.1. The van der Waals surface area contributed by atoms with Crippen LogP contribution in [0.15, 0.2) is 6.33 Å². The van der Waals surface area contributed by atoms with Gasteiger partial charge in [-0.15, -0.1) is 0 Å². The predicted molar refractivity (Wildman–Crippen MR) is 75.4 cm³/mol. The average Bonchev–Trinajstić information content (AvgIpc) is 2.43. The molecule has 2 rings (SSSR count). The smallest absolute Gasteiger partial charge is 0.249 e. The standard InChI is InChI=1S/C13H19N5O2/c1-3-4-8-11(14-2)15-7-16-12(8)17-9-5-6-10(19)18-13(9)20/h7,9H,3-6H2,1-2H3,(H,18,19,20)(H2,14,15,16,17). The van der Waals surface area contributed by atoms with Gasteiger partial charge in [0.2, 0.25) is 11.8 Å². The highest BCUT2D eigenvalue weighted by atomic mass is 16.2. The number of nitrogens with zero attached hydrogens (tertiary/aromatic N) is 2. The molecule has 1 aromatic rings. The van der Waals surface area contributed by atoms with Gasteiger partial charge in [-0.25, -0.2) is 9.97 Å². The van der Waals surface area contributed by atoms with Gasteiger partial charge in [0.05, 0.1) is 0 Å². The van der Waals surface area contributed by atoms with E-state index < -0.39 is 6.04 Å². The van der Waals surface area contributed by atoms with E-state index >= 15 is 0 Å². The van der Waals surface area contributed by atoms with Crippen LogP contribution in [0.3, 0.4) is 0 Å². The topological polar surface area (TPSA) is 96.0 Å². The van der Waals surface area contributed by atoms with Crippen molar-refractivity contribution in [2.75, 3.05) is 17.7 Å². The third-order valence-corrected chi connectivity index (χ3v) is 3.23. The zero-order valence-electron chi connectivity index (χ0n) is 11.7. The third-order valence-electron chi connectivity index (χ3n) is 3.23. The first-order chi connectivity index (χ1) is 9.65. The minimum atomic E-state index is -0.428. The summed E-state index contributed by atoms with van der Waals surface area (Å²) in [6.45, 7) is 2.07. The molecule has 0 spiro atoms. The van der Waals surface area contributed by atoms with Crippen LogP contribution in [0.4, 0.5) is 11.6 Å². The Bertz CT molecular complexity index is 517. The number of piperidine rings is 1. The molecule has 3 N–H and O–H groups in total. The fraction of sp³-hybridized carbons (Fsp3) is 0.538. The summed E-state index contributed by atoms with van der Waals surface area (Å²) < 4.78 is 0. The van der Waals surface area contributed by atoms with Gasteiger partial charge in [0.25, 0.3) is 0 Å². The van der Waals surface area contributed by atoms with E-state index in [4.69, 9.17) is 0 Å². The maximum atomic E-state index is 11.8. The van der Waals surface area contributed by atoms with Crippen LogP contribution in [0, 0.1) is 0 Å². The predicted octanol–water partition coefficient (Wildman–Crippen LogP) is 0.688. The number of hydrogen-bond acceptors (Lipinski definition) is 6. The number of carbonyl (C=O) groups is 2. The van der Waals surface area contributed by atoms with Crippen molar-refractivity contribution in [3.63, 3.8) is 0 Å². The highest BCUT2D eigenvalue weighted by molar-refractivity contribution is 6.01. The van der Waals surface area contributed by atoms with E-state index in [0.717, 1.165) is 24.2 Å². The maximum absolute atomic E-state index is 11.8. The van der Waals surface area contributed by atoms with Crippen molar-refractivity contribution in [2.45, 2.75) is 38.6 Å². The molecule has 1 aliphatic rings. The number of nitrogens with one attached hydrogen (secondary N) is 3. The van der Waals surface area contributed by atoms with Gasteiger partial charge in [-0.1, -0.05) is 13.3 Å². The Kier molecular flexibility index (Phi) is 4.49. The van der Waals surface area contributed by atoms with Crippen LogP contribution in [-0.2, 0) is 16.0 Å². The quantitative estimate of drug-likeness (QED) is 0.685. The molecule has 0 bridgehead atoms. The molecule has 1 atom stereocenters. The van der Waals surface area contributed by atoms with E-state index in [9.17, 15) is 9.59 Å². The minimum Gasteiger partial charge on any atom is -0.373 e. The van der Waals surface area contributed by atoms with E-state index in [1.807, 2.05) is 0 Å². The third kappa shape index (κ3) is 3.04. The molecule has 1 unspecified atom stereocenters. The Morgan fingerprint density at radius 3 is 2.75 bits per heavy atom. The minimum absolute atomic E-state index is 0.222. The lowest BCUT2D eigenvalue weighted by Gasteiger charge is -2.23. The average molecular weight is 277 g/mol. The fourth-order valence-electron chi connectivity index (χ4n) is 2.24. The van der Waals surface area contributed by atoms with Gasteiger partial charge in [-0.2, -0.15) is 0 Å². The molecule has 108 valence electrons. The molecule has 0 radical (unpaired) electrons. The number of rotatable bonds is 5. The van der Waals surface area contributed by atoms with Crippen LogP contribution < -0.4 is 16.0 Å². The molecular weight excluding hydrogens is 258 g/mol. The number of anilines is 2. The summed E-state index contributed by atoms with van der Waals surface area (Å²) in [5, 5.41) is 8.48. The van der Waals surface area contributed by atoms with Gasteiger partial charge in [-0.3, -0.25) is 14.9 Å². The lowest BCUT2D eigenvalue weighted by molar-refractivity contribution is -0.133. The molecule has 2 amide bonds. The molecule has 1 aromatic heterocycles. The van der Waals surface area contributed by atoms with Gasteiger partial charge < -0.3 is 10.6 Å². The Morgan fingerprint density at radius 1 is 1.35 bits per heavy atom. The van der Waals surface area contributed by atoms with Crippen molar-refractivity contribution in [3.05, 3.63) is 11.9 Å². The number of aromatic nitrogens is 2. The lowest BCUT2D eigenvalue weighted by Crippen LogP contribution is -2.47. The molecule has 1 aliphatic heterocycles. The summed E-state index contributed by atoms with van der Waals surface area (Å²) in [7, 11) is 1.80. The van der Waals surface area contributed by atoms with E-state index in [1.165, 1.54) is 6.33 Å². The molecule has 7 nitrogen and oxygen atoms in total. The molecular formula is C13H19N5O2. The number of imide groups is 1. The zero-order chi connectivity index (χ0) is 14.5. The van der Waals surface area contributed by atoms with Gasteiger partial charge in [0.15, 0.2) is 0 Å². The van der Waals surface area contributed by atoms with E-state index in [2.05, 4.69) is 32.8 Å². The number of carbonyl (C=O) groups excluding carboxylic acids is 2. The van der Waals surface area contributed by atoms with E-state index in [1.54, 1.807) is 7.05 Å². The number of hydrogen-bond donors (Lipinski definition) is 3. The van der Waals surface area contributed by atoms with Gasteiger partial charge in [0, 0.05) is 19.0 Å².